The molecule has 0 aromatic heterocycles. The van der Waals surface area contributed by atoms with Gasteiger partial charge >= 0.3 is 0 Å². The molecule has 0 saturated carbocycles. The van der Waals surface area contributed by atoms with Crippen molar-refractivity contribution in [2.45, 2.75) is 5.50 Å². The summed E-state index contributed by atoms with van der Waals surface area (Å²) >= 11 is 5.80. The van der Waals surface area contributed by atoms with Gasteiger partial charge in [-0.1, -0.05) is 66.2 Å². The van der Waals surface area contributed by atoms with Crippen LogP contribution in [-0.4, -0.2) is 5.78 Å². The van der Waals surface area contributed by atoms with Gasteiger partial charge in [0.25, 0.3) is 0 Å². The van der Waals surface area contributed by atoms with Crippen LogP contribution >= 0.6 is 11.6 Å². The minimum Gasteiger partial charge on any atom is -0.289 e. The Bertz CT molecular complexity index is 569. The standard InChI is InChI=1S/C14H10ClNO2/c15-14(16-18)12-9-5-4-8-11(12)13(17)10-6-2-1-3-7-10/h1-9,14H. The van der Waals surface area contributed by atoms with E-state index < -0.39 is 5.50 Å². The van der Waals surface area contributed by atoms with Gasteiger partial charge in [0.05, 0.1) is 0 Å². The van der Waals surface area contributed by atoms with Gasteiger partial charge in [0.2, 0.25) is 0 Å². The lowest BCUT2D eigenvalue weighted by Crippen LogP contribution is -2.05. The van der Waals surface area contributed by atoms with E-state index in [2.05, 4.69) is 5.18 Å². The van der Waals surface area contributed by atoms with Crippen molar-refractivity contribution in [1.29, 1.82) is 0 Å². The van der Waals surface area contributed by atoms with Gasteiger partial charge in [-0.25, -0.2) is 0 Å². The van der Waals surface area contributed by atoms with Crippen molar-refractivity contribution in [3.05, 3.63) is 76.2 Å². The van der Waals surface area contributed by atoms with E-state index in [0.717, 1.165) is 0 Å². The molecule has 2 rings (SSSR count). The number of alkyl halides is 1. The highest BCUT2D eigenvalue weighted by atomic mass is 35.5. The Morgan fingerprint density at radius 2 is 1.61 bits per heavy atom. The third kappa shape index (κ3) is 2.46. The van der Waals surface area contributed by atoms with Crippen LogP contribution in [0.5, 0.6) is 0 Å². The van der Waals surface area contributed by atoms with E-state index in [4.69, 9.17) is 11.6 Å². The van der Waals surface area contributed by atoms with Crippen LogP contribution < -0.4 is 0 Å². The second-order valence-corrected chi connectivity index (χ2v) is 4.14. The smallest absolute Gasteiger partial charge is 0.193 e. The molecule has 0 heterocycles. The molecule has 0 aliphatic carbocycles. The Morgan fingerprint density at radius 1 is 1.00 bits per heavy atom. The molecule has 0 aliphatic heterocycles. The van der Waals surface area contributed by atoms with E-state index in [1.807, 2.05) is 6.07 Å². The molecule has 0 aliphatic rings. The summed E-state index contributed by atoms with van der Waals surface area (Å²) in [5.41, 5.74) is 0.347. The van der Waals surface area contributed by atoms with Crippen molar-refractivity contribution < 1.29 is 4.79 Å². The predicted molar refractivity (Wildman–Crippen MR) is 70.7 cm³/mol. The molecule has 0 N–H and O–H groups in total. The van der Waals surface area contributed by atoms with Crippen molar-refractivity contribution in [2.75, 3.05) is 0 Å². The van der Waals surface area contributed by atoms with E-state index in [1.165, 1.54) is 0 Å². The van der Waals surface area contributed by atoms with Gasteiger partial charge in [-0.15, -0.1) is 4.91 Å². The molecule has 0 bridgehead atoms. The topological polar surface area (TPSA) is 46.5 Å². The maximum atomic E-state index is 12.3. The molecule has 2 aromatic carbocycles. The lowest BCUT2D eigenvalue weighted by atomic mass is 9.98. The molecule has 0 saturated heterocycles. The first-order valence-electron chi connectivity index (χ1n) is 5.39. The summed E-state index contributed by atoms with van der Waals surface area (Å²) in [7, 11) is 0. The van der Waals surface area contributed by atoms with Crippen LogP contribution in [0.25, 0.3) is 0 Å². The molecular formula is C14H10ClNO2. The summed E-state index contributed by atoms with van der Waals surface area (Å²) in [4.78, 5) is 22.8. The lowest BCUT2D eigenvalue weighted by Gasteiger charge is -2.08. The summed E-state index contributed by atoms with van der Waals surface area (Å²) in [5.74, 6) is -0.166. The van der Waals surface area contributed by atoms with Crippen LogP contribution in [0.4, 0.5) is 0 Å². The first kappa shape index (κ1) is 12.5. The molecular weight excluding hydrogens is 250 g/mol. The first-order chi connectivity index (χ1) is 8.74. The van der Waals surface area contributed by atoms with Gasteiger partial charge in [0.15, 0.2) is 11.3 Å². The molecule has 4 heteroatoms. The number of nitrogens with zero attached hydrogens (tertiary/aromatic N) is 1. The summed E-state index contributed by atoms with van der Waals surface area (Å²) in [6.07, 6.45) is 0. The number of hydrogen-bond acceptors (Lipinski definition) is 3. The van der Waals surface area contributed by atoms with Crippen molar-refractivity contribution in [3.63, 3.8) is 0 Å². The Balaban J connectivity index is 2.46. The third-order valence-corrected chi connectivity index (χ3v) is 2.91. The van der Waals surface area contributed by atoms with Gasteiger partial charge in [-0.2, -0.15) is 0 Å². The zero-order chi connectivity index (χ0) is 13.0. The molecule has 18 heavy (non-hydrogen) atoms. The van der Waals surface area contributed by atoms with Crippen LogP contribution in [0.3, 0.4) is 0 Å². The Kier molecular flexibility index (Phi) is 3.85. The van der Waals surface area contributed by atoms with Gasteiger partial charge in [-0.3, -0.25) is 4.79 Å². The number of benzene rings is 2. The quantitative estimate of drug-likeness (QED) is 0.362. The van der Waals surface area contributed by atoms with Gasteiger partial charge in [0, 0.05) is 16.7 Å². The summed E-state index contributed by atoms with van der Waals surface area (Å²) in [5, 5.41) is 2.76. The van der Waals surface area contributed by atoms with Crippen molar-refractivity contribution in [1.82, 2.24) is 0 Å². The monoisotopic (exact) mass is 259 g/mol. The Labute approximate surface area is 109 Å². The molecule has 0 spiro atoms. The fourth-order valence-electron chi connectivity index (χ4n) is 1.71. The predicted octanol–water partition coefficient (Wildman–Crippen LogP) is 3.92. The molecule has 0 radical (unpaired) electrons. The zero-order valence-electron chi connectivity index (χ0n) is 9.42. The molecule has 3 nitrogen and oxygen atoms in total. The highest BCUT2D eigenvalue weighted by Crippen LogP contribution is 2.26. The minimum absolute atomic E-state index is 0.166. The molecule has 2 aromatic rings. The molecule has 90 valence electrons. The lowest BCUT2D eigenvalue weighted by molar-refractivity contribution is 0.103. The number of ketones is 1. The third-order valence-electron chi connectivity index (χ3n) is 2.59. The highest BCUT2D eigenvalue weighted by Gasteiger charge is 2.18. The largest absolute Gasteiger partial charge is 0.289 e. The van der Waals surface area contributed by atoms with Crippen LogP contribution in [-0.2, 0) is 0 Å². The molecule has 1 unspecified atom stereocenters. The maximum Gasteiger partial charge on any atom is 0.193 e. The van der Waals surface area contributed by atoms with Crippen LogP contribution in [0.15, 0.2) is 59.8 Å². The second-order valence-electron chi connectivity index (χ2n) is 3.72. The SMILES string of the molecule is O=NC(Cl)c1ccccc1C(=O)c1ccccc1. The first-order valence-corrected chi connectivity index (χ1v) is 5.83. The van der Waals surface area contributed by atoms with E-state index in [9.17, 15) is 9.70 Å². The van der Waals surface area contributed by atoms with Gasteiger partial charge in [0.1, 0.15) is 0 Å². The van der Waals surface area contributed by atoms with E-state index in [0.29, 0.717) is 16.7 Å². The molecule has 0 amide bonds. The normalized spacial score (nSPS) is 11.8. The highest BCUT2D eigenvalue weighted by molar-refractivity contribution is 6.22. The maximum absolute atomic E-state index is 12.3. The number of hydrogen-bond donors (Lipinski definition) is 0. The van der Waals surface area contributed by atoms with Crippen molar-refractivity contribution in [2.24, 2.45) is 5.18 Å². The van der Waals surface area contributed by atoms with E-state index in [-0.39, 0.29) is 5.78 Å². The molecule has 1 atom stereocenters. The molecule has 0 fully saturated rings. The zero-order valence-corrected chi connectivity index (χ0v) is 10.2. The van der Waals surface area contributed by atoms with Crippen molar-refractivity contribution >= 4 is 17.4 Å². The van der Waals surface area contributed by atoms with Gasteiger partial charge < -0.3 is 0 Å². The summed E-state index contributed by atoms with van der Waals surface area (Å²) in [6.45, 7) is 0. The number of carbonyl (C=O) groups is 1. The number of halogens is 1. The van der Waals surface area contributed by atoms with Crippen molar-refractivity contribution in [3.8, 4) is 0 Å². The van der Waals surface area contributed by atoms with E-state index in [1.54, 1.807) is 48.5 Å². The second kappa shape index (κ2) is 5.56. The fraction of sp³-hybridized carbons (Fsp3) is 0.0714. The summed E-state index contributed by atoms with van der Waals surface area (Å²) < 4.78 is 0. The van der Waals surface area contributed by atoms with Crippen LogP contribution in [0, 0.1) is 4.91 Å². The average molecular weight is 260 g/mol. The van der Waals surface area contributed by atoms with Gasteiger partial charge in [-0.05, 0) is 5.18 Å². The fourth-order valence-corrected chi connectivity index (χ4v) is 1.90. The minimum atomic E-state index is -1.05. The summed E-state index contributed by atoms with van der Waals surface area (Å²) in [6, 6.07) is 15.6. The number of rotatable bonds is 4. The number of nitroso groups, excluding NO2 is 1. The van der Waals surface area contributed by atoms with Crippen LogP contribution in [0.2, 0.25) is 0 Å². The average Bonchev–Trinajstić information content (AvgIpc) is 2.46. The van der Waals surface area contributed by atoms with Crippen LogP contribution in [0.1, 0.15) is 27.0 Å². The number of carbonyl (C=O) groups excluding carboxylic acids is 1. The Hall–Kier alpha value is -2.00. The Morgan fingerprint density at radius 3 is 2.28 bits per heavy atom. The van der Waals surface area contributed by atoms with E-state index >= 15 is 0 Å².